The first kappa shape index (κ1) is 25.9. The summed E-state index contributed by atoms with van der Waals surface area (Å²) < 4.78 is 13.2. The van der Waals surface area contributed by atoms with Gasteiger partial charge in [-0.3, -0.25) is 14.2 Å². The van der Waals surface area contributed by atoms with Crippen LogP contribution in [0.1, 0.15) is 12.0 Å². The van der Waals surface area contributed by atoms with Crippen LogP contribution in [-0.2, 0) is 4.79 Å². The van der Waals surface area contributed by atoms with Crippen LogP contribution in [-0.4, -0.2) is 58.7 Å². The zero-order valence-corrected chi connectivity index (χ0v) is 22.1. The lowest BCUT2D eigenvalue weighted by Crippen LogP contribution is -2.21. The van der Waals surface area contributed by atoms with E-state index in [1.165, 1.54) is 16.7 Å². The van der Waals surface area contributed by atoms with E-state index in [4.69, 9.17) is 14.5 Å². The summed E-state index contributed by atoms with van der Waals surface area (Å²) in [5.41, 5.74) is 2.66. The third-order valence-corrected chi connectivity index (χ3v) is 6.59. The lowest BCUT2D eigenvalue weighted by Gasteiger charge is -2.17. The van der Waals surface area contributed by atoms with Gasteiger partial charge in [0.2, 0.25) is 11.9 Å². The fraction of sp³-hybridized carbons (Fsp3) is 0.241. The molecule has 0 aliphatic carbocycles. The highest BCUT2D eigenvalue weighted by molar-refractivity contribution is 5.99. The number of amides is 1. The third kappa shape index (κ3) is 5.60. The molecule has 2 aromatic heterocycles. The van der Waals surface area contributed by atoms with Gasteiger partial charge in [-0.25, -0.2) is 4.98 Å². The first-order valence-corrected chi connectivity index (χ1v) is 12.6. The summed E-state index contributed by atoms with van der Waals surface area (Å²) in [5, 5.41) is 6.65. The summed E-state index contributed by atoms with van der Waals surface area (Å²) in [4.78, 5) is 36.4. The summed E-state index contributed by atoms with van der Waals surface area (Å²) in [6.07, 6.45) is 3.99. The average molecular weight is 527 g/mol. The third-order valence-electron chi connectivity index (χ3n) is 6.59. The number of aryl methyl sites for hydroxylation is 1. The predicted molar refractivity (Wildman–Crippen MR) is 152 cm³/mol. The molecule has 1 aliphatic rings. The van der Waals surface area contributed by atoms with Crippen molar-refractivity contribution in [1.82, 2.24) is 19.4 Å². The minimum Gasteiger partial charge on any atom is -0.494 e. The highest BCUT2D eigenvalue weighted by Crippen LogP contribution is 2.32. The van der Waals surface area contributed by atoms with Gasteiger partial charge in [-0.05, 0) is 62.4 Å². The molecule has 10 nitrogen and oxygen atoms in total. The van der Waals surface area contributed by atoms with E-state index in [1.807, 2.05) is 25.1 Å². The van der Waals surface area contributed by atoms with Gasteiger partial charge < -0.3 is 25.0 Å². The fourth-order valence-corrected chi connectivity index (χ4v) is 4.63. The van der Waals surface area contributed by atoms with E-state index in [-0.39, 0.29) is 17.6 Å². The van der Waals surface area contributed by atoms with E-state index in [2.05, 4.69) is 34.1 Å². The SMILES string of the molecule is C=CC(=O)Nc1cccc(-n2c(=O)cc(C)c3cnc(Nc4ccc(O[C@H]5CCN(C)C5)cc4OC)nc32)c1. The number of anilines is 3. The normalized spacial score (nSPS) is 15.2. The van der Waals surface area contributed by atoms with Gasteiger partial charge in [0, 0.05) is 42.5 Å². The summed E-state index contributed by atoms with van der Waals surface area (Å²) in [5.74, 6) is 1.25. The highest BCUT2D eigenvalue weighted by Gasteiger charge is 2.21. The van der Waals surface area contributed by atoms with Crippen LogP contribution < -0.4 is 25.7 Å². The van der Waals surface area contributed by atoms with Crippen LogP contribution in [0.15, 0.2) is 72.2 Å². The van der Waals surface area contributed by atoms with Crippen LogP contribution >= 0.6 is 0 Å². The van der Waals surface area contributed by atoms with E-state index < -0.39 is 0 Å². The van der Waals surface area contributed by atoms with E-state index in [9.17, 15) is 9.59 Å². The maximum atomic E-state index is 13.2. The van der Waals surface area contributed by atoms with E-state index in [0.29, 0.717) is 34.4 Å². The smallest absolute Gasteiger partial charge is 0.257 e. The Morgan fingerprint density at radius 1 is 1.21 bits per heavy atom. The van der Waals surface area contributed by atoms with Gasteiger partial charge in [-0.15, -0.1) is 0 Å². The number of fused-ring (bicyclic) bond motifs is 1. The molecule has 0 radical (unpaired) electrons. The number of likely N-dealkylation sites (tertiary alicyclic amines) is 1. The Hall–Kier alpha value is -4.70. The van der Waals surface area contributed by atoms with E-state index in [1.54, 1.807) is 37.6 Å². The molecule has 4 aromatic rings. The molecule has 0 spiro atoms. The van der Waals surface area contributed by atoms with Crippen LogP contribution in [0.3, 0.4) is 0 Å². The summed E-state index contributed by atoms with van der Waals surface area (Å²) in [6.45, 7) is 7.22. The van der Waals surface area contributed by atoms with Crippen molar-refractivity contribution in [3.8, 4) is 17.2 Å². The number of likely N-dealkylation sites (N-methyl/N-ethyl adjacent to an activating group) is 1. The minimum absolute atomic E-state index is 0.144. The Kier molecular flexibility index (Phi) is 7.29. The van der Waals surface area contributed by atoms with Crippen molar-refractivity contribution in [3.63, 3.8) is 0 Å². The molecule has 0 saturated carbocycles. The number of nitrogens with one attached hydrogen (secondary N) is 2. The lowest BCUT2D eigenvalue weighted by molar-refractivity contribution is -0.111. The van der Waals surface area contributed by atoms with Crippen molar-refractivity contribution < 1.29 is 14.3 Å². The van der Waals surface area contributed by atoms with E-state index >= 15 is 0 Å². The summed E-state index contributed by atoms with van der Waals surface area (Å²) in [7, 11) is 3.67. The number of hydrogen-bond donors (Lipinski definition) is 2. The first-order chi connectivity index (χ1) is 18.8. The zero-order valence-electron chi connectivity index (χ0n) is 22.1. The van der Waals surface area contributed by atoms with Gasteiger partial charge in [0.15, 0.2) is 5.65 Å². The number of ether oxygens (including phenoxy) is 2. The van der Waals surface area contributed by atoms with Crippen molar-refractivity contribution >= 4 is 34.3 Å². The second-order valence-corrected chi connectivity index (χ2v) is 9.45. The Morgan fingerprint density at radius 3 is 2.79 bits per heavy atom. The van der Waals surface area contributed by atoms with Gasteiger partial charge in [-0.2, -0.15) is 4.98 Å². The molecule has 0 bridgehead atoms. The van der Waals surface area contributed by atoms with Crippen LogP contribution in [0.2, 0.25) is 0 Å². The number of aromatic nitrogens is 3. The topological polar surface area (TPSA) is 111 Å². The number of rotatable bonds is 8. The van der Waals surface area contributed by atoms with Crippen molar-refractivity contribution in [1.29, 1.82) is 0 Å². The van der Waals surface area contributed by atoms with Gasteiger partial charge in [-0.1, -0.05) is 12.6 Å². The fourth-order valence-electron chi connectivity index (χ4n) is 4.63. The maximum Gasteiger partial charge on any atom is 0.257 e. The molecule has 1 fully saturated rings. The number of carbonyl (C=O) groups excluding carboxylic acids is 1. The molecule has 1 amide bonds. The van der Waals surface area contributed by atoms with Gasteiger partial charge in [0.1, 0.15) is 17.6 Å². The van der Waals surface area contributed by atoms with Gasteiger partial charge in [0.05, 0.1) is 18.5 Å². The minimum atomic E-state index is -0.344. The molecule has 0 unspecified atom stereocenters. The second kappa shape index (κ2) is 11.0. The quantitative estimate of drug-likeness (QED) is 0.331. The molecular formula is C29H30N6O4. The summed E-state index contributed by atoms with van der Waals surface area (Å²) >= 11 is 0. The zero-order chi connectivity index (χ0) is 27.5. The Bertz CT molecular complexity index is 1620. The molecule has 2 aromatic carbocycles. The standard InChI is InChI=1S/C29H30N6O4/c1-5-26(36)31-19-7-6-8-20(14-19)35-27(37)13-18(2)23-16-30-29(33-28(23)35)32-24-10-9-21(15-25(24)38-4)39-22-11-12-34(3)17-22/h5-10,13-16,22H,1,11-12,17H2,2-4H3,(H,31,36)(H,30,32,33)/t22-/m0/s1. The number of benzene rings is 2. The molecule has 5 rings (SSSR count). The monoisotopic (exact) mass is 526 g/mol. The van der Waals surface area contributed by atoms with Crippen LogP contribution in [0.5, 0.6) is 11.5 Å². The van der Waals surface area contributed by atoms with Crippen molar-refractivity contribution in [2.24, 2.45) is 0 Å². The van der Waals surface area contributed by atoms with Gasteiger partial charge >= 0.3 is 0 Å². The molecule has 3 heterocycles. The average Bonchev–Trinajstić information content (AvgIpc) is 3.33. The van der Waals surface area contributed by atoms with E-state index in [0.717, 1.165) is 36.2 Å². The Labute approximate surface area is 225 Å². The Morgan fingerprint density at radius 2 is 2.05 bits per heavy atom. The number of carbonyl (C=O) groups is 1. The lowest BCUT2D eigenvalue weighted by atomic mass is 10.2. The maximum absolute atomic E-state index is 13.2. The highest BCUT2D eigenvalue weighted by atomic mass is 16.5. The second-order valence-electron chi connectivity index (χ2n) is 9.45. The first-order valence-electron chi connectivity index (χ1n) is 12.6. The van der Waals surface area contributed by atoms with Crippen molar-refractivity contribution in [2.75, 3.05) is 37.9 Å². The molecule has 1 atom stereocenters. The molecule has 200 valence electrons. The van der Waals surface area contributed by atoms with Crippen LogP contribution in [0.25, 0.3) is 16.7 Å². The molecule has 10 heteroatoms. The number of nitrogens with zero attached hydrogens (tertiary/aromatic N) is 4. The largest absolute Gasteiger partial charge is 0.494 e. The molecule has 2 N–H and O–H groups in total. The summed E-state index contributed by atoms with van der Waals surface area (Å²) in [6, 6.07) is 14.1. The predicted octanol–water partition coefficient (Wildman–Crippen LogP) is 4.05. The van der Waals surface area contributed by atoms with Crippen molar-refractivity contribution in [3.05, 3.63) is 83.3 Å². The Balaban J connectivity index is 1.49. The van der Waals surface area contributed by atoms with Crippen molar-refractivity contribution in [2.45, 2.75) is 19.4 Å². The van der Waals surface area contributed by atoms with Crippen LogP contribution in [0.4, 0.5) is 17.3 Å². The molecule has 1 aliphatic heterocycles. The molecule has 39 heavy (non-hydrogen) atoms. The van der Waals surface area contributed by atoms with Gasteiger partial charge in [0.25, 0.3) is 5.56 Å². The number of methoxy groups -OCH3 is 1. The molecule has 1 saturated heterocycles. The number of pyridine rings is 1. The number of hydrogen-bond acceptors (Lipinski definition) is 8. The molecular weight excluding hydrogens is 496 g/mol. The van der Waals surface area contributed by atoms with Crippen LogP contribution in [0, 0.1) is 6.92 Å².